The van der Waals surface area contributed by atoms with E-state index in [-0.39, 0.29) is 5.78 Å². The molecular formula is C23H26N2O. The molecule has 0 bridgehead atoms. The van der Waals surface area contributed by atoms with Crippen molar-refractivity contribution in [2.75, 3.05) is 29.9 Å². The molecule has 0 aliphatic carbocycles. The van der Waals surface area contributed by atoms with Gasteiger partial charge in [0.05, 0.1) is 0 Å². The Bertz CT molecular complexity index is 890. The zero-order valence-corrected chi connectivity index (χ0v) is 15.8. The second-order valence-electron chi connectivity index (χ2n) is 6.29. The van der Waals surface area contributed by atoms with E-state index in [0.717, 1.165) is 52.9 Å². The van der Waals surface area contributed by atoms with Crippen molar-refractivity contribution < 1.29 is 4.79 Å². The van der Waals surface area contributed by atoms with Gasteiger partial charge in [0.25, 0.3) is 0 Å². The van der Waals surface area contributed by atoms with Crippen molar-refractivity contribution >= 4 is 27.9 Å². The summed E-state index contributed by atoms with van der Waals surface area (Å²) in [5.74, 6) is 0.0621. The first-order chi connectivity index (χ1) is 12.7. The third-order valence-corrected chi connectivity index (χ3v) is 4.77. The molecule has 0 saturated carbocycles. The Morgan fingerprint density at radius 2 is 1.54 bits per heavy atom. The highest BCUT2D eigenvalue weighted by Crippen LogP contribution is 2.29. The van der Waals surface area contributed by atoms with Crippen LogP contribution in [0.5, 0.6) is 0 Å². The number of nitrogens with one attached hydrogen (secondary N) is 1. The Balaban J connectivity index is 2.02. The number of rotatable bonds is 7. The van der Waals surface area contributed by atoms with Crippen LogP contribution in [0.2, 0.25) is 0 Å². The van der Waals surface area contributed by atoms with Gasteiger partial charge in [-0.1, -0.05) is 30.3 Å². The number of hydrogen-bond acceptors (Lipinski definition) is 3. The Labute approximate surface area is 155 Å². The summed E-state index contributed by atoms with van der Waals surface area (Å²) in [5.41, 5.74) is 3.63. The maximum atomic E-state index is 13.2. The van der Waals surface area contributed by atoms with Gasteiger partial charge in [0.15, 0.2) is 5.78 Å². The molecule has 0 atom stereocenters. The quantitative estimate of drug-likeness (QED) is 0.585. The lowest BCUT2D eigenvalue weighted by Crippen LogP contribution is -2.21. The molecule has 3 nitrogen and oxygen atoms in total. The van der Waals surface area contributed by atoms with E-state index in [2.05, 4.69) is 43.1 Å². The molecule has 3 heteroatoms. The molecule has 0 unspecified atom stereocenters. The maximum Gasteiger partial charge on any atom is 0.193 e. The average Bonchev–Trinajstić information content (AvgIpc) is 2.69. The molecule has 0 spiro atoms. The Hall–Kier alpha value is -2.81. The zero-order chi connectivity index (χ0) is 18.5. The lowest BCUT2D eigenvalue weighted by Gasteiger charge is -2.21. The van der Waals surface area contributed by atoms with Gasteiger partial charge in [-0.05, 0) is 56.5 Å². The number of hydrogen-bond donors (Lipinski definition) is 1. The van der Waals surface area contributed by atoms with Crippen molar-refractivity contribution in [1.82, 2.24) is 0 Å². The van der Waals surface area contributed by atoms with E-state index in [0.29, 0.717) is 0 Å². The number of carbonyl (C=O) groups is 1. The summed E-state index contributed by atoms with van der Waals surface area (Å²) in [6, 6.07) is 20.0. The van der Waals surface area contributed by atoms with Crippen molar-refractivity contribution in [2.45, 2.75) is 20.8 Å². The van der Waals surface area contributed by atoms with Crippen LogP contribution in [0.1, 0.15) is 36.7 Å². The van der Waals surface area contributed by atoms with Crippen molar-refractivity contribution in [3.8, 4) is 0 Å². The number of ketones is 1. The van der Waals surface area contributed by atoms with E-state index in [1.165, 1.54) is 0 Å². The van der Waals surface area contributed by atoms with Gasteiger partial charge in [-0.2, -0.15) is 0 Å². The highest BCUT2D eigenvalue weighted by Gasteiger charge is 2.15. The number of fused-ring (bicyclic) bond motifs is 1. The molecule has 0 heterocycles. The molecule has 0 aliphatic heterocycles. The summed E-state index contributed by atoms with van der Waals surface area (Å²) < 4.78 is 0. The highest BCUT2D eigenvalue weighted by molar-refractivity contribution is 6.19. The minimum Gasteiger partial charge on any atom is -0.385 e. The third-order valence-electron chi connectivity index (χ3n) is 4.77. The molecule has 1 N–H and O–H groups in total. The van der Waals surface area contributed by atoms with E-state index >= 15 is 0 Å². The van der Waals surface area contributed by atoms with Crippen LogP contribution in [0.25, 0.3) is 10.8 Å². The van der Waals surface area contributed by atoms with Crippen molar-refractivity contribution in [3.63, 3.8) is 0 Å². The van der Waals surface area contributed by atoms with E-state index in [9.17, 15) is 4.79 Å². The van der Waals surface area contributed by atoms with Gasteiger partial charge in [0.2, 0.25) is 0 Å². The van der Waals surface area contributed by atoms with Crippen LogP contribution in [-0.4, -0.2) is 25.4 Å². The molecule has 134 valence electrons. The van der Waals surface area contributed by atoms with Crippen LogP contribution >= 0.6 is 0 Å². The third kappa shape index (κ3) is 3.43. The Kier molecular flexibility index (Phi) is 5.57. The summed E-state index contributed by atoms with van der Waals surface area (Å²) in [7, 11) is 0. The molecule has 0 saturated heterocycles. The van der Waals surface area contributed by atoms with Crippen LogP contribution in [0.4, 0.5) is 11.4 Å². The smallest absolute Gasteiger partial charge is 0.193 e. The van der Waals surface area contributed by atoms with E-state index in [1.54, 1.807) is 0 Å². The lowest BCUT2D eigenvalue weighted by molar-refractivity contribution is 0.104. The van der Waals surface area contributed by atoms with Crippen LogP contribution < -0.4 is 10.2 Å². The van der Waals surface area contributed by atoms with Gasteiger partial charge >= 0.3 is 0 Å². The molecule has 26 heavy (non-hydrogen) atoms. The van der Waals surface area contributed by atoms with Gasteiger partial charge in [-0.15, -0.1) is 0 Å². The molecule has 0 aromatic heterocycles. The van der Waals surface area contributed by atoms with E-state index in [1.807, 2.05) is 48.5 Å². The predicted octanol–water partition coefficient (Wildman–Crippen LogP) is 5.35. The van der Waals surface area contributed by atoms with Crippen molar-refractivity contribution in [2.24, 2.45) is 0 Å². The standard InChI is InChI=1S/C23H26N2O/c1-4-24-21-12-8-10-17-9-7-11-20(22(17)21)23(26)18-13-15-19(16-14-18)25(5-2)6-3/h7-16,24H,4-6H2,1-3H3. The first-order valence-corrected chi connectivity index (χ1v) is 9.34. The van der Waals surface area contributed by atoms with E-state index < -0.39 is 0 Å². The van der Waals surface area contributed by atoms with Crippen molar-refractivity contribution in [1.29, 1.82) is 0 Å². The Morgan fingerprint density at radius 3 is 2.15 bits per heavy atom. The first-order valence-electron chi connectivity index (χ1n) is 9.34. The highest BCUT2D eigenvalue weighted by atomic mass is 16.1. The molecule has 0 radical (unpaired) electrons. The molecule has 0 aliphatic rings. The van der Waals surface area contributed by atoms with Crippen LogP contribution in [0.3, 0.4) is 0 Å². The van der Waals surface area contributed by atoms with Crippen molar-refractivity contribution in [3.05, 3.63) is 71.8 Å². The summed E-state index contributed by atoms with van der Waals surface area (Å²) in [6.07, 6.45) is 0. The maximum absolute atomic E-state index is 13.2. The minimum atomic E-state index is 0.0621. The van der Waals surface area contributed by atoms with Crippen LogP contribution in [0, 0.1) is 0 Å². The fourth-order valence-electron chi connectivity index (χ4n) is 3.44. The average molecular weight is 346 g/mol. The second kappa shape index (κ2) is 8.05. The predicted molar refractivity (Wildman–Crippen MR) is 112 cm³/mol. The molecule has 0 amide bonds. The number of carbonyl (C=O) groups excluding carboxylic acids is 1. The van der Waals surface area contributed by atoms with Gasteiger partial charge in [0, 0.05) is 47.5 Å². The monoisotopic (exact) mass is 346 g/mol. The van der Waals surface area contributed by atoms with E-state index in [4.69, 9.17) is 0 Å². The van der Waals surface area contributed by atoms with Gasteiger partial charge in [-0.25, -0.2) is 0 Å². The number of benzene rings is 3. The molecule has 3 aromatic rings. The first kappa shape index (κ1) is 18.0. The molecule has 3 aromatic carbocycles. The summed E-state index contributed by atoms with van der Waals surface area (Å²) in [4.78, 5) is 15.5. The zero-order valence-electron chi connectivity index (χ0n) is 15.8. The summed E-state index contributed by atoms with van der Waals surface area (Å²) in [6.45, 7) is 9.08. The largest absolute Gasteiger partial charge is 0.385 e. The minimum absolute atomic E-state index is 0.0621. The number of anilines is 2. The topological polar surface area (TPSA) is 32.3 Å². The number of nitrogens with zero attached hydrogens (tertiary/aromatic N) is 1. The van der Waals surface area contributed by atoms with Gasteiger partial charge < -0.3 is 10.2 Å². The van der Waals surface area contributed by atoms with Gasteiger partial charge in [0.1, 0.15) is 0 Å². The van der Waals surface area contributed by atoms with Crippen LogP contribution in [-0.2, 0) is 0 Å². The SMILES string of the molecule is CCNc1cccc2cccc(C(=O)c3ccc(N(CC)CC)cc3)c12. The second-order valence-corrected chi connectivity index (χ2v) is 6.29. The lowest BCUT2D eigenvalue weighted by atomic mass is 9.96. The summed E-state index contributed by atoms with van der Waals surface area (Å²) in [5, 5.41) is 5.45. The molecule has 0 fully saturated rings. The molecular weight excluding hydrogens is 320 g/mol. The fraction of sp³-hybridized carbons (Fsp3) is 0.261. The Morgan fingerprint density at radius 1 is 0.885 bits per heavy atom. The fourth-order valence-corrected chi connectivity index (χ4v) is 3.44. The van der Waals surface area contributed by atoms with Gasteiger partial charge in [-0.3, -0.25) is 4.79 Å². The normalized spacial score (nSPS) is 10.7. The molecule has 3 rings (SSSR count). The summed E-state index contributed by atoms with van der Waals surface area (Å²) >= 11 is 0. The van der Waals surface area contributed by atoms with Crippen LogP contribution in [0.15, 0.2) is 60.7 Å².